The predicted molar refractivity (Wildman–Crippen MR) is 110 cm³/mol. The van der Waals surface area contributed by atoms with Crippen LogP contribution >= 0.6 is 11.3 Å². The molecule has 2 aliphatic heterocycles. The van der Waals surface area contributed by atoms with Crippen LogP contribution in [0.3, 0.4) is 0 Å². The molecule has 2 fully saturated rings. The van der Waals surface area contributed by atoms with Crippen molar-refractivity contribution in [2.24, 2.45) is 5.92 Å². The number of aromatic nitrogens is 2. The molecule has 0 aliphatic carbocycles. The van der Waals surface area contributed by atoms with Crippen molar-refractivity contribution in [2.75, 3.05) is 50.8 Å². The van der Waals surface area contributed by atoms with Gasteiger partial charge < -0.3 is 9.64 Å². The summed E-state index contributed by atoms with van der Waals surface area (Å²) in [5.74, 6) is 1.80. The van der Waals surface area contributed by atoms with Crippen molar-refractivity contribution >= 4 is 27.4 Å². The summed E-state index contributed by atoms with van der Waals surface area (Å²) in [6, 6.07) is 12.8. The Labute approximate surface area is 163 Å². The van der Waals surface area contributed by atoms with Gasteiger partial charge in [0.15, 0.2) is 0 Å². The van der Waals surface area contributed by atoms with E-state index >= 15 is 0 Å². The van der Waals surface area contributed by atoms with Crippen molar-refractivity contribution in [2.45, 2.75) is 6.42 Å². The van der Waals surface area contributed by atoms with Crippen LogP contribution in [0.1, 0.15) is 6.42 Å². The summed E-state index contributed by atoms with van der Waals surface area (Å²) in [5.41, 5.74) is 1.25. The number of hydrogen-bond acceptors (Lipinski definition) is 6. The third kappa shape index (κ3) is 3.57. The van der Waals surface area contributed by atoms with Crippen LogP contribution < -0.4 is 4.90 Å². The molecule has 0 saturated carbocycles. The molecule has 0 N–H and O–H groups in total. The van der Waals surface area contributed by atoms with Gasteiger partial charge in [0.05, 0.1) is 12.0 Å². The molecule has 2 saturated heterocycles. The molecule has 1 atom stereocenters. The lowest BCUT2D eigenvalue weighted by molar-refractivity contribution is 0.164. The number of nitrogens with zero attached hydrogens (tertiary/aromatic N) is 4. The van der Waals surface area contributed by atoms with E-state index in [1.807, 2.05) is 0 Å². The predicted octanol–water partition coefficient (Wildman–Crippen LogP) is 3.52. The van der Waals surface area contributed by atoms with Gasteiger partial charge in [0.1, 0.15) is 17.0 Å². The van der Waals surface area contributed by atoms with Crippen molar-refractivity contribution in [1.82, 2.24) is 14.9 Å². The van der Waals surface area contributed by atoms with E-state index in [2.05, 4.69) is 56.2 Å². The van der Waals surface area contributed by atoms with Gasteiger partial charge in [-0.25, -0.2) is 9.97 Å². The fraction of sp³-hybridized carbons (Fsp3) is 0.429. The third-order valence-corrected chi connectivity index (χ3v) is 6.67. The van der Waals surface area contributed by atoms with Crippen LogP contribution in [0.2, 0.25) is 0 Å². The zero-order chi connectivity index (χ0) is 18.1. The first-order chi connectivity index (χ1) is 13.4. The second kappa shape index (κ2) is 7.54. The first kappa shape index (κ1) is 17.1. The molecule has 5 nitrogen and oxygen atoms in total. The third-order valence-electron chi connectivity index (χ3n) is 5.58. The lowest BCUT2D eigenvalue weighted by Crippen LogP contribution is -2.48. The minimum absolute atomic E-state index is 0.715. The molecule has 2 aromatic heterocycles. The summed E-state index contributed by atoms with van der Waals surface area (Å²) < 4.78 is 5.52. The summed E-state index contributed by atoms with van der Waals surface area (Å²) in [6.07, 6.45) is 2.93. The molecule has 3 aromatic rings. The van der Waals surface area contributed by atoms with E-state index in [-0.39, 0.29) is 0 Å². The van der Waals surface area contributed by atoms with Gasteiger partial charge in [-0.2, -0.15) is 0 Å². The quantitative estimate of drug-likeness (QED) is 0.693. The van der Waals surface area contributed by atoms with Crippen molar-refractivity contribution in [3.63, 3.8) is 0 Å². The van der Waals surface area contributed by atoms with E-state index in [1.54, 1.807) is 17.7 Å². The maximum Gasteiger partial charge on any atom is 0.140 e. The molecule has 27 heavy (non-hydrogen) atoms. The van der Waals surface area contributed by atoms with Gasteiger partial charge in [-0.1, -0.05) is 30.3 Å². The van der Waals surface area contributed by atoms with Gasteiger partial charge in [-0.05, 0) is 24.0 Å². The Morgan fingerprint density at radius 2 is 1.93 bits per heavy atom. The van der Waals surface area contributed by atoms with Gasteiger partial charge in [0.2, 0.25) is 0 Å². The zero-order valence-electron chi connectivity index (χ0n) is 15.4. The SMILES string of the molecule is c1ccc(-c2cc3c(N4CCN(CC5CCOC5)CC4)ncnc3s2)cc1. The fourth-order valence-corrected chi connectivity index (χ4v) is 5.07. The first-order valence-electron chi connectivity index (χ1n) is 9.72. The van der Waals surface area contributed by atoms with Crippen molar-refractivity contribution in [3.05, 3.63) is 42.7 Å². The molecule has 1 aromatic carbocycles. The summed E-state index contributed by atoms with van der Waals surface area (Å²) in [7, 11) is 0. The number of hydrogen-bond donors (Lipinski definition) is 0. The maximum absolute atomic E-state index is 5.52. The highest BCUT2D eigenvalue weighted by Crippen LogP contribution is 2.36. The van der Waals surface area contributed by atoms with Crippen molar-refractivity contribution in [3.8, 4) is 10.4 Å². The highest BCUT2D eigenvalue weighted by atomic mass is 32.1. The number of benzene rings is 1. The molecule has 0 radical (unpaired) electrons. The smallest absolute Gasteiger partial charge is 0.140 e. The minimum atomic E-state index is 0.715. The zero-order valence-corrected chi connectivity index (χ0v) is 16.2. The molecule has 0 spiro atoms. The van der Waals surface area contributed by atoms with Gasteiger partial charge in [0, 0.05) is 44.2 Å². The van der Waals surface area contributed by atoms with Crippen LogP contribution in [-0.2, 0) is 4.74 Å². The van der Waals surface area contributed by atoms with Crippen LogP contribution in [-0.4, -0.2) is 60.8 Å². The molecular weight excluding hydrogens is 356 g/mol. The Morgan fingerprint density at radius 3 is 2.70 bits per heavy atom. The Morgan fingerprint density at radius 1 is 1.07 bits per heavy atom. The van der Waals surface area contributed by atoms with Gasteiger partial charge in [-0.3, -0.25) is 4.90 Å². The molecule has 6 heteroatoms. The van der Waals surface area contributed by atoms with E-state index in [9.17, 15) is 0 Å². The molecule has 2 aliphatic rings. The van der Waals surface area contributed by atoms with Crippen LogP contribution in [0, 0.1) is 5.92 Å². The van der Waals surface area contributed by atoms with E-state index in [1.165, 1.54) is 28.8 Å². The lowest BCUT2D eigenvalue weighted by atomic mass is 10.1. The highest BCUT2D eigenvalue weighted by molar-refractivity contribution is 7.21. The Balaban J connectivity index is 1.34. The number of anilines is 1. The number of piperazine rings is 1. The van der Waals surface area contributed by atoms with E-state index < -0.39 is 0 Å². The highest BCUT2D eigenvalue weighted by Gasteiger charge is 2.24. The number of thiophene rings is 1. The van der Waals surface area contributed by atoms with Gasteiger partial charge in [0.25, 0.3) is 0 Å². The molecule has 4 heterocycles. The maximum atomic E-state index is 5.52. The second-order valence-electron chi connectivity index (χ2n) is 7.41. The summed E-state index contributed by atoms with van der Waals surface area (Å²) in [5, 5.41) is 1.18. The summed E-state index contributed by atoms with van der Waals surface area (Å²) in [4.78, 5) is 16.5. The molecule has 0 bridgehead atoms. The summed E-state index contributed by atoms with van der Waals surface area (Å²) in [6.45, 7) is 7.28. The topological polar surface area (TPSA) is 41.5 Å². The molecule has 5 rings (SSSR count). The molecule has 1 unspecified atom stereocenters. The standard InChI is InChI=1S/C21H24N4OS/c1-2-4-17(5-3-1)19-12-18-20(22-15-23-21(18)27-19)25-9-7-24(8-10-25)13-16-6-11-26-14-16/h1-5,12,15-16H,6-11,13-14H2. The normalized spacial score (nSPS) is 21.2. The molecule has 140 valence electrons. The number of ether oxygens (including phenoxy) is 1. The molecular formula is C21H24N4OS. The first-order valence-corrected chi connectivity index (χ1v) is 10.5. The Bertz CT molecular complexity index is 899. The summed E-state index contributed by atoms with van der Waals surface area (Å²) >= 11 is 1.75. The Kier molecular flexibility index (Phi) is 4.78. The van der Waals surface area contributed by atoms with Crippen LogP contribution in [0.15, 0.2) is 42.7 Å². The largest absolute Gasteiger partial charge is 0.381 e. The van der Waals surface area contributed by atoms with E-state index in [0.29, 0.717) is 5.92 Å². The average molecular weight is 381 g/mol. The fourth-order valence-electron chi connectivity index (χ4n) is 4.07. The second-order valence-corrected chi connectivity index (χ2v) is 8.44. The average Bonchev–Trinajstić information content (AvgIpc) is 3.39. The van der Waals surface area contributed by atoms with Crippen LogP contribution in [0.5, 0.6) is 0 Å². The van der Waals surface area contributed by atoms with Gasteiger partial charge >= 0.3 is 0 Å². The van der Waals surface area contributed by atoms with E-state index in [0.717, 1.165) is 50.0 Å². The van der Waals surface area contributed by atoms with Crippen LogP contribution in [0.25, 0.3) is 20.7 Å². The lowest BCUT2D eigenvalue weighted by Gasteiger charge is -2.36. The minimum Gasteiger partial charge on any atom is -0.381 e. The van der Waals surface area contributed by atoms with Gasteiger partial charge in [-0.15, -0.1) is 11.3 Å². The van der Waals surface area contributed by atoms with Crippen molar-refractivity contribution in [1.29, 1.82) is 0 Å². The monoisotopic (exact) mass is 380 g/mol. The number of rotatable bonds is 4. The van der Waals surface area contributed by atoms with Crippen LogP contribution in [0.4, 0.5) is 5.82 Å². The molecule has 0 amide bonds. The van der Waals surface area contributed by atoms with Crippen molar-refractivity contribution < 1.29 is 4.74 Å². The Hall–Kier alpha value is -2.02. The number of fused-ring (bicyclic) bond motifs is 1. The van der Waals surface area contributed by atoms with E-state index in [4.69, 9.17) is 4.74 Å².